The SMILES string of the molecule is N#Cc1ccc(N/C=C2\C(=O)Nc3ccc4ncsc4c32)cc1. The van der Waals surface area contributed by atoms with E-state index in [2.05, 4.69) is 21.7 Å². The number of nitriles is 1. The van der Waals surface area contributed by atoms with Crippen LogP contribution in [0.25, 0.3) is 15.8 Å². The summed E-state index contributed by atoms with van der Waals surface area (Å²) >= 11 is 1.52. The standard InChI is InChI=1S/C17H10N4OS/c18-7-10-1-3-11(4-2-10)19-8-12-15-13(21-17(12)22)5-6-14-16(15)23-9-20-14/h1-6,8-9,19H,(H,21,22)/b12-8-. The van der Waals surface area contributed by atoms with E-state index >= 15 is 0 Å². The molecule has 0 radical (unpaired) electrons. The van der Waals surface area contributed by atoms with Gasteiger partial charge in [-0.05, 0) is 36.4 Å². The van der Waals surface area contributed by atoms with Crippen LogP contribution >= 0.6 is 11.3 Å². The number of anilines is 2. The first-order valence-corrected chi connectivity index (χ1v) is 7.79. The Hall–Kier alpha value is -3.17. The van der Waals surface area contributed by atoms with Gasteiger partial charge in [-0.25, -0.2) is 4.98 Å². The summed E-state index contributed by atoms with van der Waals surface area (Å²) in [5.74, 6) is -0.137. The number of aromatic nitrogens is 1. The number of hydrogen-bond acceptors (Lipinski definition) is 5. The Morgan fingerprint density at radius 1 is 1.22 bits per heavy atom. The summed E-state index contributed by atoms with van der Waals surface area (Å²) in [5.41, 5.74) is 6.34. The molecule has 0 saturated carbocycles. The fourth-order valence-corrected chi connectivity index (χ4v) is 3.39. The number of carbonyl (C=O) groups excluding carboxylic acids is 1. The molecule has 1 amide bonds. The molecule has 2 N–H and O–H groups in total. The van der Waals surface area contributed by atoms with Crippen LogP contribution in [-0.4, -0.2) is 10.9 Å². The van der Waals surface area contributed by atoms with Crippen molar-refractivity contribution in [1.29, 1.82) is 5.26 Å². The zero-order valence-electron chi connectivity index (χ0n) is 11.8. The maximum Gasteiger partial charge on any atom is 0.257 e. The van der Waals surface area contributed by atoms with E-state index in [1.165, 1.54) is 11.3 Å². The number of nitrogens with zero attached hydrogens (tertiary/aromatic N) is 2. The predicted molar refractivity (Wildman–Crippen MR) is 91.0 cm³/mol. The molecule has 3 aromatic rings. The molecule has 2 aromatic carbocycles. The van der Waals surface area contributed by atoms with Gasteiger partial charge in [-0.1, -0.05) is 0 Å². The van der Waals surface area contributed by atoms with Gasteiger partial charge >= 0.3 is 0 Å². The second-order valence-electron chi connectivity index (χ2n) is 5.03. The fraction of sp³-hybridized carbons (Fsp3) is 0. The van der Waals surface area contributed by atoms with E-state index in [1.807, 2.05) is 12.1 Å². The minimum Gasteiger partial charge on any atom is -0.361 e. The lowest BCUT2D eigenvalue weighted by atomic mass is 10.1. The van der Waals surface area contributed by atoms with Crippen molar-refractivity contribution in [2.75, 3.05) is 10.6 Å². The zero-order valence-corrected chi connectivity index (χ0v) is 12.6. The normalized spacial score (nSPS) is 14.6. The molecular formula is C17H10N4OS. The highest BCUT2D eigenvalue weighted by Gasteiger charge is 2.27. The van der Waals surface area contributed by atoms with Gasteiger partial charge in [-0.3, -0.25) is 4.79 Å². The molecule has 6 heteroatoms. The average Bonchev–Trinajstić information content (AvgIpc) is 3.16. The number of carbonyl (C=O) groups is 1. The third kappa shape index (κ3) is 2.24. The molecule has 1 aliphatic rings. The summed E-state index contributed by atoms with van der Waals surface area (Å²) in [7, 11) is 0. The highest BCUT2D eigenvalue weighted by atomic mass is 32.1. The summed E-state index contributed by atoms with van der Waals surface area (Å²) in [4.78, 5) is 16.5. The summed E-state index contributed by atoms with van der Waals surface area (Å²) in [6.45, 7) is 0. The van der Waals surface area contributed by atoms with Crippen LogP contribution < -0.4 is 10.6 Å². The van der Waals surface area contributed by atoms with Gasteiger partial charge in [0.25, 0.3) is 5.91 Å². The van der Waals surface area contributed by atoms with Crippen molar-refractivity contribution in [3.8, 4) is 6.07 Å². The first kappa shape index (κ1) is 13.5. The van der Waals surface area contributed by atoms with E-state index in [4.69, 9.17) is 5.26 Å². The summed E-state index contributed by atoms with van der Waals surface area (Å²) < 4.78 is 0.994. The topological polar surface area (TPSA) is 77.8 Å². The summed E-state index contributed by atoms with van der Waals surface area (Å²) in [6.07, 6.45) is 1.70. The van der Waals surface area contributed by atoms with E-state index in [0.29, 0.717) is 11.1 Å². The molecule has 0 atom stereocenters. The minimum absolute atomic E-state index is 0.137. The van der Waals surface area contributed by atoms with E-state index in [1.54, 1.807) is 36.0 Å². The molecular weight excluding hydrogens is 308 g/mol. The number of hydrogen-bond donors (Lipinski definition) is 2. The van der Waals surface area contributed by atoms with Gasteiger partial charge in [0.1, 0.15) is 0 Å². The molecule has 4 rings (SSSR count). The van der Waals surface area contributed by atoms with E-state index in [9.17, 15) is 4.79 Å². The zero-order chi connectivity index (χ0) is 15.8. The van der Waals surface area contributed by atoms with E-state index < -0.39 is 0 Å². The first-order valence-electron chi connectivity index (χ1n) is 6.91. The number of thiazole rings is 1. The number of benzene rings is 2. The monoisotopic (exact) mass is 318 g/mol. The van der Waals surface area contributed by atoms with Crippen LogP contribution in [0.15, 0.2) is 48.1 Å². The van der Waals surface area contributed by atoms with E-state index in [0.717, 1.165) is 27.2 Å². The molecule has 110 valence electrons. The number of amides is 1. The molecule has 0 bridgehead atoms. The largest absolute Gasteiger partial charge is 0.361 e. The third-order valence-electron chi connectivity index (χ3n) is 3.66. The van der Waals surface area contributed by atoms with Gasteiger partial charge in [0.15, 0.2) is 0 Å². The Morgan fingerprint density at radius 3 is 2.83 bits per heavy atom. The molecule has 0 spiro atoms. The molecule has 0 unspecified atom stereocenters. The molecule has 0 saturated heterocycles. The maximum absolute atomic E-state index is 12.2. The Labute approximate surface area is 135 Å². The molecule has 23 heavy (non-hydrogen) atoms. The van der Waals surface area contributed by atoms with Crippen molar-refractivity contribution in [3.05, 3.63) is 59.2 Å². The van der Waals surface area contributed by atoms with Crippen molar-refractivity contribution in [2.24, 2.45) is 0 Å². The summed E-state index contributed by atoms with van der Waals surface area (Å²) in [6, 6.07) is 12.9. The van der Waals surface area contributed by atoms with Gasteiger partial charge in [0.05, 0.1) is 38.6 Å². The molecule has 0 fully saturated rings. The van der Waals surface area contributed by atoms with Crippen molar-refractivity contribution in [2.45, 2.75) is 0 Å². The average molecular weight is 318 g/mol. The van der Waals surface area contributed by atoms with Crippen molar-refractivity contribution in [3.63, 3.8) is 0 Å². The fourth-order valence-electron chi connectivity index (χ4n) is 2.54. The quantitative estimate of drug-likeness (QED) is 0.708. The highest BCUT2D eigenvalue weighted by molar-refractivity contribution is 7.17. The number of rotatable bonds is 2. The van der Waals surface area contributed by atoms with Crippen molar-refractivity contribution < 1.29 is 4.79 Å². The van der Waals surface area contributed by atoms with Gasteiger partial charge in [-0.15, -0.1) is 11.3 Å². The lowest BCUT2D eigenvalue weighted by Crippen LogP contribution is -2.05. The van der Waals surface area contributed by atoms with Crippen molar-refractivity contribution >= 4 is 44.4 Å². The molecule has 5 nitrogen and oxygen atoms in total. The van der Waals surface area contributed by atoms with Gasteiger partial charge < -0.3 is 10.6 Å². The Balaban J connectivity index is 1.73. The third-order valence-corrected chi connectivity index (χ3v) is 4.52. The van der Waals surface area contributed by atoms with Crippen molar-refractivity contribution in [1.82, 2.24) is 4.98 Å². The van der Waals surface area contributed by atoms with Crippen LogP contribution in [-0.2, 0) is 4.79 Å². The Kier molecular flexibility index (Phi) is 3.07. The van der Waals surface area contributed by atoms with Crippen LogP contribution in [0.2, 0.25) is 0 Å². The smallest absolute Gasteiger partial charge is 0.257 e. The van der Waals surface area contributed by atoms with Crippen LogP contribution in [0, 0.1) is 11.3 Å². The second-order valence-corrected chi connectivity index (χ2v) is 5.89. The minimum atomic E-state index is -0.137. The van der Waals surface area contributed by atoms with Gasteiger partial charge in [0, 0.05) is 17.5 Å². The summed E-state index contributed by atoms with van der Waals surface area (Å²) in [5, 5.41) is 14.8. The maximum atomic E-state index is 12.2. The van der Waals surface area contributed by atoms with E-state index in [-0.39, 0.29) is 5.91 Å². The highest BCUT2D eigenvalue weighted by Crippen LogP contribution is 2.39. The van der Waals surface area contributed by atoms with Crippen LogP contribution in [0.1, 0.15) is 11.1 Å². The predicted octanol–water partition coefficient (Wildman–Crippen LogP) is 3.57. The van der Waals surface area contributed by atoms with Gasteiger partial charge in [-0.2, -0.15) is 5.26 Å². The van der Waals surface area contributed by atoms with Crippen LogP contribution in [0.4, 0.5) is 11.4 Å². The van der Waals surface area contributed by atoms with Crippen LogP contribution in [0.3, 0.4) is 0 Å². The molecule has 1 aromatic heterocycles. The lowest BCUT2D eigenvalue weighted by Gasteiger charge is -2.03. The Morgan fingerprint density at radius 2 is 2.04 bits per heavy atom. The molecule has 0 aliphatic carbocycles. The molecule has 1 aliphatic heterocycles. The lowest BCUT2D eigenvalue weighted by molar-refractivity contribution is -0.110. The number of fused-ring (bicyclic) bond motifs is 3. The van der Waals surface area contributed by atoms with Crippen LogP contribution in [0.5, 0.6) is 0 Å². The number of nitrogens with one attached hydrogen (secondary N) is 2. The molecule has 2 heterocycles. The first-order chi connectivity index (χ1) is 11.3. The second kappa shape index (κ2) is 5.23. The van der Waals surface area contributed by atoms with Gasteiger partial charge in [0.2, 0.25) is 0 Å². The Bertz CT molecular complexity index is 996.